The first-order chi connectivity index (χ1) is 10.5. The molecule has 0 aliphatic carbocycles. The van der Waals surface area contributed by atoms with E-state index >= 15 is 0 Å². The van der Waals surface area contributed by atoms with E-state index in [0.717, 1.165) is 0 Å². The number of allylic oxidation sites excluding steroid dienone is 1. The van der Waals surface area contributed by atoms with Gasteiger partial charge in [-0.25, -0.2) is 15.0 Å². The van der Waals surface area contributed by atoms with Crippen molar-refractivity contribution >= 4 is 17.0 Å². The van der Waals surface area contributed by atoms with Crippen LogP contribution in [0.25, 0.3) is 11.2 Å². The number of ether oxygens (including phenoxy) is 1. The van der Waals surface area contributed by atoms with Crippen LogP contribution in [0.5, 0.6) is 0 Å². The molecule has 1 fully saturated rings. The van der Waals surface area contributed by atoms with Crippen LogP contribution in [0.1, 0.15) is 13.2 Å². The molecule has 1 aliphatic rings. The largest absolute Gasteiger partial charge is 0.394 e. The van der Waals surface area contributed by atoms with Crippen molar-refractivity contribution in [3.63, 3.8) is 0 Å². The summed E-state index contributed by atoms with van der Waals surface area (Å²) in [5.74, 6) is 0.489. The summed E-state index contributed by atoms with van der Waals surface area (Å²) in [5, 5.41) is 32.1. The van der Waals surface area contributed by atoms with Crippen molar-refractivity contribution in [2.24, 2.45) is 0 Å². The number of fused-ring (bicyclic) bond motifs is 1. The molecule has 9 heteroatoms. The SMILES string of the molecule is C=C(C)Nc1ncnc2c1ncn2[C@@H]1O[C@H](CO)[C@@H](O)[C@H]1O. The van der Waals surface area contributed by atoms with Crippen molar-refractivity contribution in [1.29, 1.82) is 0 Å². The average molecular weight is 307 g/mol. The highest BCUT2D eigenvalue weighted by molar-refractivity contribution is 5.83. The Balaban J connectivity index is 2.01. The quantitative estimate of drug-likeness (QED) is 0.589. The summed E-state index contributed by atoms with van der Waals surface area (Å²) in [7, 11) is 0. The molecular formula is C13H17N5O4. The maximum Gasteiger partial charge on any atom is 0.167 e. The van der Waals surface area contributed by atoms with Gasteiger partial charge in [-0.3, -0.25) is 4.57 Å². The second-order valence-corrected chi connectivity index (χ2v) is 5.18. The van der Waals surface area contributed by atoms with Crippen LogP contribution in [0.3, 0.4) is 0 Å². The Labute approximate surface area is 125 Å². The number of aromatic nitrogens is 4. The van der Waals surface area contributed by atoms with E-state index in [9.17, 15) is 10.2 Å². The van der Waals surface area contributed by atoms with Gasteiger partial charge in [0.1, 0.15) is 24.6 Å². The zero-order valence-corrected chi connectivity index (χ0v) is 11.9. The van der Waals surface area contributed by atoms with Crippen LogP contribution in [0, 0.1) is 0 Å². The van der Waals surface area contributed by atoms with E-state index in [1.165, 1.54) is 17.2 Å². The van der Waals surface area contributed by atoms with Gasteiger partial charge in [-0.15, -0.1) is 0 Å². The van der Waals surface area contributed by atoms with Gasteiger partial charge in [0.2, 0.25) is 0 Å². The van der Waals surface area contributed by atoms with Crippen molar-refractivity contribution in [3.05, 3.63) is 24.9 Å². The number of rotatable bonds is 4. The number of aliphatic hydroxyl groups excluding tert-OH is 3. The summed E-state index contributed by atoms with van der Waals surface area (Å²) in [5.41, 5.74) is 1.62. The monoisotopic (exact) mass is 307 g/mol. The van der Waals surface area contributed by atoms with Crippen LogP contribution in [-0.2, 0) is 4.74 Å². The highest BCUT2D eigenvalue weighted by atomic mass is 16.6. The van der Waals surface area contributed by atoms with Gasteiger partial charge < -0.3 is 25.4 Å². The maximum atomic E-state index is 10.1. The summed E-state index contributed by atoms with van der Waals surface area (Å²) in [6, 6.07) is 0. The fourth-order valence-corrected chi connectivity index (χ4v) is 2.44. The fourth-order valence-electron chi connectivity index (χ4n) is 2.44. The van der Waals surface area contributed by atoms with Crippen LogP contribution in [0.2, 0.25) is 0 Å². The lowest BCUT2D eigenvalue weighted by atomic mass is 10.1. The number of nitrogens with zero attached hydrogens (tertiary/aromatic N) is 4. The number of hydrogen-bond acceptors (Lipinski definition) is 8. The van der Waals surface area contributed by atoms with Crippen molar-refractivity contribution < 1.29 is 20.1 Å². The number of nitrogens with one attached hydrogen (secondary N) is 1. The smallest absolute Gasteiger partial charge is 0.167 e. The van der Waals surface area contributed by atoms with Crippen molar-refractivity contribution in [3.8, 4) is 0 Å². The van der Waals surface area contributed by atoms with Gasteiger partial charge in [-0.1, -0.05) is 6.58 Å². The van der Waals surface area contributed by atoms with E-state index in [1.54, 1.807) is 6.92 Å². The minimum absolute atomic E-state index is 0.390. The molecule has 2 aromatic heterocycles. The summed E-state index contributed by atoms with van der Waals surface area (Å²) in [4.78, 5) is 12.5. The molecule has 4 N–H and O–H groups in total. The molecule has 118 valence electrons. The first kappa shape index (κ1) is 14.9. The van der Waals surface area contributed by atoms with Crippen LogP contribution < -0.4 is 5.32 Å². The highest BCUT2D eigenvalue weighted by Gasteiger charge is 2.44. The molecule has 22 heavy (non-hydrogen) atoms. The number of imidazole rings is 1. The standard InChI is InChI=1S/C13H17N5O4/c1-6(2)17-11-8-12(15-4-14-11)18(5-16-8)13-10(21)9(20)7(3-19)22-13/h4-5,7,9-10,13,19-21H,1,3H2,2H3,(H,14,15,17)/t7-,9-,10-,13-/m1/s1. The molecule has 1 aliphatic heterocycles. The van der Waals surface area contributed by atoms with Crippen LogP contribution in [-0.4, -0.2) is 59.8 Å². The third kappa shape index (κ3) is 2.33. The summed E-state index contributed by atoms with van der Waals surface area (Å²) < 4.78 is 6.99. The molecule has 1 saturated heterocycles. The lowest BCUT2D eigenvalue weighted by Crippen LogP contribution is -2.33. The molecule has 0 radical (unpaired) electrons. The normalized spacial score (nSPS) is 28.2. The topological polar surface area (TPSA) is 126 Å². The Bertz CT molecular complexity index is 703. The molecule has 9 nitrogen and oxygen atoms in total. The molecule has 3 rings (SSSR count). The second kappa shape index (κ2) is 5.61. The molecule has 0 bridgehead atoms. The van der Waals surface area contributed by atoms with Gasteiger partial charge in [0.05, 0.1) is 12.9 Å². The minimum Gasteiger partial charge on any atom is -0.394 e. The first-order valence-electron chi connectivity index (χ1n) is 6.75. The second-order valence-electron chi connectivity index (χ2n) is 5.18. The lowest BCUT2D eigenvalue weighted by molar-refractivity contribution is -0.0511. The van der Waals surface area contributed by atoms with Gasteiger partial charge in [-0.05, 0) is 6.92 Å². The summed E-state index contributed by atoms with van der Waals surface area (Å²) in [6.07, 6.45) is -1.31. The van der Waals surface area contributed by atoms with E-state index in [-0.39, 0.29) is 0 Å². The van der Waals surface area contributed by atoms with Gasteiger partial charge >= 0.3 is 0 Å². The number of aliphatic hydroxyl groups is 3. The van der Waals surface area contributed by atoms with Gasteiger partial charge in [0.25, 0.3) is 0 Å². The zero-order chi connectivity index (χ0) is 15.9. The first-order valence-corrected chi connectivity index (χ1v) is 6.75. The summed E-state index contributed by atoms with van der Waals surface area (Å²) >= 11 is 0. The molecule has 0 saturated carbocycles. The highest BCUT2D eigenvalue weighted by Crippen LogP contribution is 2.32. The number of hydrogen-bond donors (Lipinski definition) is 4. The molecule has 2 aromatic rings. The van der Waals surface area contributed by atoms with E-state index in [0.29, 0.717) is 22.7 Å². The Morgan fingerprint density at radius 3 is 2.77 bits per heavy atom. The molecule has 0 aromatic carbocycles. The minimum atomic E-state index is -1.19. The Kier molecular flexibility index (Phi) is 3.79. The predicted molar refractivity (Wildman–Crippen MR) is 76.8 cm³/mol. The number of anilines is 1. The Morgan fingerprint density at radius 2 is 2.14 bits per heavy atom. The molecular weight excluding hydrogens is 290 g/mol. The molecule has 3 heterocycles. The van der Waals surface area contributed by atoms with Crippen LogP contribution in [0.15, 0.2) is 24.9 Å². The lowest BCUT2D eigenvalue weighted by Gasteiger charge is -2.16. The van der Waals surface area contributed by atoms with E-state index in [1.807, 2.05) is 0 Å². The average Bonchev–Trinajstić information content (AvgIpc) is 3.02. The zero-order valence-electron chi connectivity index (χ0n) is 11.9. The Morgan fingerprint density at radius 1 is 1.36 bits per heavy atom. The maximum absolute atomic E-state index is 10.1. The van der Waals surface area contributed by atoms with E-state index in [4.69, 9.17) is 9.84 Å². The van der Waals surface area contributed by atoms with E-state index < -0.39 is 31.1 Å². The van der Waals surface area contributed by atoms with Gasteiger partial charge in [0, 0.05) is 5.70 Å². The molecule has 4 atom stereocenters. The third-order valence-corrected chi connectivity index (χ3v) is 3.48. The molecule has 0 unspecified atom stereocenters. The van der Waals surface area contributed by atoms with Crippen molar-refractivity contribution in [2.75, 3.05) is 11.9 Å². The fraction of sp³-hybridized carbons (Fsp3) is 0.462. The summed E-state index contributed by atoms with van der Waals surface area (Å²) in [6.45, 7) is 5.15. The molecule has 0 spiro atoms. The van der Waals surface area contributed by atoms with Gasteiger partial charge in [-0.2, -0.15) is 0 Å². The van der Waals surface area contributed by atoms with Crippen molar-refractivity contribution in [1.82, 2.24) is 19.5 Å². The predicted octanol–water partition coefficient (Wildman–Crippen LogP) is -0.617. The third-order valence-electron chi connectivity index (χ3n) is 3.48. The van der Waals surface area contributed by atoms with Gasteiger partial charge in [0.15, 0.2) is 23.2 Å². The Hall–Kier alpha value is -2.07. The molecule has 0 amide bonds. The van der Waals surface area contributed by atoms with E-state index in [2.05, 4.69) is 26.8 Å². The van der Waals surface area contributed by atoms with Crippen LogP contribution >= 0.6 is 0 Å². The van der Waals surface area contributed by atoms with Crippen molar-refractivity contribution in [2.45, 2.75) is 31.5 Å². The van der Waals surface area contributed by atoms with Crippen LogP contribution in [0.4, 0.5) is 5.82 Å².